The summed E-state index contributed by atoms with van der Waals surface area (Å²) in [6.45, 7) is 0.776. The topological polar surface area (TPSA) is 53.6 Å². The summed E-state index contributed by atoms with van der Waals surface area (Å²) in [5, 5.41) is 10.6. The molecule has 0 radical (unpaired) electrons. The highest BCUT2D eigenvalue weighted by Crippen LogP contribution is 2.40. The molecule has 1 fully saturated rings. The molecule has 3 rings (SSSR count). The molecular formula is C13H15BrN4. The maximum Gasteiger partial charge on any atom is 0.0633 e. The van der Waals surface area contributed by atoms with Gasteiger partial charge in [-0.2, -0.15) is 5.10 Å². The Morgan fingerprint density at radius 2 is 2.33 bits per heavy atom. The number of aromatic nitrogens is 3. The van der Waals surface area contributed by atoms with E-state index in [1.807, 2.05) is 18.3 Å². The molecule has 5 heteroatoms. The van der Waals surface area contributed by atoms with Crippen molar-refractivity contribution in [2.45, 2.75) is 25.4 Å². The molecule has 1 saturated carbocycles. The summed E-state index contributed by atoms with van der Waals surface area (Å²) in [7, 11) is 0. The second kappa shape index (κ2) is 5.20. The van der Waals surface area contributed by atoms with E-state index >= 15 is 0 Å². The molecular weight excluding hydrogens is 292 g/mol. The average molecular weight is 307 g/mol. The first kappa shape index (κ1) is 11.9. The minimum absolute atomic E-state index is 0.349. The van der Waals surface area contributed by atoms with E-state index in [0.29, 0.717) is 6.04 Å². The number of nitrogens with one attached hydrogen (secondary N) is 2. The first-order chi connectivity index (χ1) is 8.84. The van der Waals surface area contributed by atoms with Gasteiger partial charge < -0.3 is 5.32 Å². The van der Waals surface area contributed by atoms with Crippen LogP contribution in [-0.2, 0) is 6.54 Å². The van der Waals surface area contributed by atoms with Crippen molar-refractivity contribution in [3.63, 3.8) is 0 Å². The van der Waals surface area contributed by atoms with Gasteiger partial charge in [0.2, 0.25) is 0 Å². The zero-order valence-electron chi connectivity index (χ0n) is 9.94. The third-order valence-electron chi connectivity index (χ3n) is 3.26. The van der Waals surface area contributed by atoms with Crippen molar-refractivity contribution in [2.75, 3.05) is 0 Å². The van der Waals surface area contributed by atoms with Crippen molar-refractivity contribution in [2.24, 2.45) is 5.92 Å². The van der Waals surface area contributed by atoms with Crippen LogP contribution in [0.4, 0.5) is 0 Å². The molecule has 18 heavy (non-hydrogen) atoms. The number of hydrogen-bond donors (Lipinski definition) is 2. The van der Waals surface area contributed by atoms with Crippen molar-refractivity contribution < 1.29 is 0 Å². The smallest absolute Gasteiger partial charge is 0.0633 e. The molecule has 94 valence electrons. The predicted molar refractivity (Wildman–Crippen MR) is 72.8 cm³/mol. The lowest BCUT2D eigenvalue weighted by atomic mass is 10.1. The molecule has 0 aliphatic heterocycles. The fourth-order valence-electron chi connectivity index (χ4n) is 2.14. The molecule has 2 N–H and O–H groups in total. The molecule has 2 aromatic rings. The van der Waals surface area contributed by atoms with E-state index < -0.39 is 0 Å². The van der Waals surface area contributed by atoms with Crippen LogP contribution < -0.4 is 5.32 Å². The van der Waals surface area contributed by atoms with Gasteiger partial charge >= 0.3 is 0 Å². The van der Waals surface area contributed by atoms with Crippen molar-refractivity contribution in [1.82, 2.24) is 20.5 Å². The van der Waals surface area contributed by atoms with Crippen LogP contribution in [0.2, 0.25) is 0 Å². The standard InChI is InChI=1S/C13H15BrN4/c14-10-7-17-18-12(10)8-16-13(9-4-5-9)11-3-1-2-6-15-11/h1-3,6-7,9,13,16H,4-5,8H2,(H,17,18). The SMILES string of the molecule is Brc1cn[nH]c1CNC(c1ccccn1)C1CC1. The Balaban J connectivity index is 1.70. The van der Waals surface area contributed by atoms with Crippen LogP contribution in [0.15, 0.2) is 35.1 Å². The molecule has 0 saturated heterocycles. The Kier molecular flexibility index (Phi) is 3.43. The van der Waals surface area contributed by atoms with Gasteiger partial charge in [0.25, 0.3) is 0 Å². The fourth-order valence-corrected chi connectivity index (χ4v) is 2.47. The Morgan fingerprint density at radius 1 is 1.44 bits per heavy atom. The number of rotatable bonds is 5. The summed E-state index contributed by atoms with van der Waals surface area (Å²) in [6, 6.07) is 6.45. The van der Waals surface area contributed by atoms with Crippen LogP contribution in [0.5, 0.6) is 0 Å². The lowest BCUT2D eigenvalue weighted by molar-refractivity contribution is 0.465. The van der Waals surface area contributed by atoms with Crippen molar-refractivity contribution in [3.05, 3.63) is 46.5 Å². The molecule has 2 heterocycles. The minimum Gasteiger partial charge on any atom is -0.303 e. The monoisotopic (exact) mass is 306 g/mol. The van der Waals surface area contributed by atoms with Crippen LogP contribution in [0.3, 0.4) is 0 Å². The molecule has 1 aliphatic carbocycles. The van der Waals surface area contributed by atoms with Crippen molar-refractivity contribution in [1.29, 1.82) is 0 Å². The number of aromatic amines is 1. The molecule has 0 amide bonds. The summed E-state index contributed by atoms with van der Waals surface area (Å²) < 4.78 is 1.02. The summed E-state index contributed by atoms with van der Waals surface area (Å²) in [6.07, 6.45) is 6.22. The first-order valence-corrected chi connectivity index (χ1v) is 6.96. The second-order valence-corrected chi connectivity index (χ2v) is 5.50. The number of hydrogen-bond acceptors (Lipinski definition) is 3. The molecule has 2 aromatic heterocycles. The summed E-state index contributed by atoms with van der Waals surface area (Å²) in [4.78, 5) is 4.46. The van der Waals surface area contributed by atoms with Gasteiger partial charge in [-0.25, -0.2) is 0 Å². The normalized spacial score (nSPS) is 16.7. The van der Waals surface area contributed by atoms with Crippen LogP contribution in [-0.4, -0.2) is 15.2 Å². The highest BCUT2D eigenvalue weighted by molar-refractivity contribution is 9.10. The van der Waals surface area contributed by atoms with E-state index in [2.05, 4.69) is 42.5 Å². The maximum atomic E-state index is 4.46. The Hall–Kier alpha value is -1.20. The molecule has 4 nitrogen and oxygen atoms in total. The van der Waals surface area contributed by atoms with Crippen LogP contribution in [0.1, 0.15) is 30.3 Å². The quantitative estimate of drug-likeness (QED) is 0.893. The second-order valence-electron chi connectivity index (χ2n) is 4.65. The third kappa shape index (κ3) is 2.62. The zero-order chi connectivity index (χ0) is 12.4. The van der Waals surface area contributed by atoms with Gasteiger partial charge in [0.05, 0.1) is 28.1 Å². The Bertz CT molecular complexity index is 507. The summed E-state index contributed by atoms with van der Waals surface area (Å²) in [5.74, 6) is 0.724. The zero-order valence-corrected chi connectivity index (χ0v) is 11.5. The van der Waals surface area contributed by atoms with Crippen LogP contribution >= 0.6 is 15.9 Å². The fraction of sp³-hybridized carbons (Fsp3) is 0.385. The van der Waals surface area contributed by atoms with Crippen molar-refractivity contribution in [3.8, 4) is 0 Å². The third-order valence-corrected chi connectivity index (χ3v) is 3.95. The van der Waals surface area contributed by atoms with E-state index in [4.69, 9.17) is 0 Å². The van der Waals surface area contributed by atoms with E-state index in [-0.39, 0.29) is 0 Å². The number of pyridine rings is 1. The molecule has 1 atom stereocenters. The molecule has 0 bridgehead atoms. The summed E-state index contributed by atoms with van der Waals surface area (Å²) >= 11 is 3.48. The molecule has 1 unspecified atom stereocenters. The Morgan fingerprint density at radius 3 is 2.94 bits per heavy atom. The largest absolute Gasteiger partial charge is 0.303 e. The van der Waals surface area contributed by atoms with E-state index in [0.717, 1.165) is 28.3 Å². The van der Waals surface area contributed by atoms with Gasteiger partial charge in [0, 0.05) is 12.7 Å². The van der Waals surface area contributed by atoms with Gasteiger partial charge in [-0.15, -0.1) is 0 Å². The summed E-state index contributed by atoms with van der Waals surface area (Å²) in [5.41, 5.74) is 2.22. The van der Waals surface area contributed by atoms with E-state index in [9.17, 15) is 0 Å². The van der Waals surface area contributed by atoms with E-state index in [1.165, 1.54) is 12.8 Å². The average Bonchev–Trinajstić information content (AvgIpc) is 3.15. The van der Waals surface area contributed by atoms with Gasteiger partial charge in [-0.3, -0.25) is 10.1 Å². The molecule has 1 aliphatic rings. The van der Waals surface area contributed by atoms with Gasteiger partial charge in [0.15, 0.2) is 0 Å². The molecule has 0 spiro atoms. The number of H-pyrrole nitrogens is 1. The van der Waals surface area contributed by atoms with Gasteiger partial charge in [-0.1, -0.05) is 6.07 Å². The van der Waals surface area contributed by atoms with Crippen LogP contribution in [0.25, 0.3) is 0 Å². The maximum absolute atomic E-state index is 4.46. The Labute approximate surface area is 114 Å². The van der Waals surface area contributed by atoms with Crippen LogP contribution in [0, 0.1) is 5.92 Å². The van der Waals surface area contributed by atoms with Gasteiger partial charge in [-0.05, 0) is 46.8 Å². The lowest BCUT2D eigenvalue weighted by Gasteiger charge is -2.17. The minimum atomic E-state index is 0.349. The predicted octanol–water partition coefficient (Wildman–Crippen LogP) is 2.81. The number of nitrogens with zero attached hydrogens (tertiary/aromatic N) is 2. The van der Waals surface area contributed by atoms with Gasteiger partial charge in [0.1, 0.15) is 0 Å². The first-order valence-electron chi connectivity index (χ1n) is 6.16. The highest BCUT2D eigenvalue weighted by Gasteiger charge is 2.32. The number of halogens is 1. The van der Waals surface area contributed by atoms with Crippen molar-refractivity contribution >= 4 is 15.9 Å². The highest BCUT2D eigenvalue weighted by atomic mass is 79.9. The molecule has 0 aromatic carbocycles. The van der Waals surface area contributed by atoms with E-state index in [1.54, 1.807) is 6.20 Å². The lowest BCUT2D eigenvalue weighted by Crippen LogP contribution is -2.23.